The van der Waals surface area contributed by atoms with Gasteiger partial charge in [-0.2, -0.15) is 0 Å². The van der Waals surface area contributed by atoms with Crippen molar-refractivity contribution in [3.05, 3.63) is 53.9 Å². The van der Waals surface area contributed by atoms with Gasteiger partial charge in [-0.3, -0.25) is 14.6 Å². The second kappa shape index (κ2) is 10.4. The van der Waals surface area contributed by atoms with Crippen molar-refractivity contribution in [3.63, 3.8) is 0 Å². The Labute approximate surface area is 182 Å². The van der Waals surface area contributed by atoms with Crippen LogP contribution in [-0.4, -0.2) is 65.7 Å². The Kier molecular flexibility index (Phi) is 7.59. The van der Waals surface area contributed by atoms with Crippen molar-refractivity contribution in [3.8, 4) is 5.75 Å². The fourth-order valence-electron chi connectivity index (χ4n) is 3.66. The molecule has 8 heteroatoms. The van der Waals surface area contributed by atoms with Crippen LogP contribution in [0.3, 0.4) is 0 Å². The maximum Gasteiger partial charge on any atom is 0.255 e. The average Bonchev–Trinajstić information content (AvgIpc) is 2.82. The normalized spacial score (nSPS) is 20.0. The average molecular weight is 427 g/mol. The van der Waals surface area contributed by atoms with E-state index < -0.39 is 0 Å². The number of hydrogen-bond acceptors (Lipinski definition) is 6. The Balaban J connectivity index is 1.91. The summed E-state index contributed by atoms with van der Waals surface area (Å²) in [7, 11) is 1.86. The molecule has 31 heavy (non-hydrogen) atoms. The molecule has 1 aliphatic heterocycles. The monoisotopic (exact) mass is 426 g/mol. The third kappa shape index (κ3) is 5.59. The van der Waals surface area contributed by atoms with E-state index in [0.29, 0.717) is 35.7 Å². The summed E-state index contributed by atoms with van der Waals surface area (Å²) in [4.78, 5) is 31.2. The van der Waals surface area contributed by atoms with Gasteiger partial charge in [-0.1, -0.05) is 6.92 Å². The van der Waals surface area contributed by atoms with Crippen LogP contribution in [0.4, 0.5) is 5.69 Å². The molecule has 2 amide bonds. The maximum absolute atomic E-state index is 13.1. The number of ether oxygens (including phenoxy) is 1. The zero-order chi connectivity index (χ0) is 22.4. The predicted molar refractivity (Wildman–Crippen MR) is 118 cm³/mol. The molecule has 0 bridgehead atoms. The van der Waals surface area contributed by atoms with Crippen molar-refractivity contribution in [2.45, 2.75) is 32.4 Å². The second-order valence-corrected chi connectivity index (χ2v) is 7.96. The van der Waals surface area contributed by atoms with Gasteiger partial charge in [-0.25, -0.2) is 0 Å². The molecule has 1 aliphatic rings. The number of aliphatic hydroxyl groups is 1. The number of carbonyl (C=O) groups is 2. The third-order valence-corrected chi connectivity index (χ3v) is 5.52. The van der Waals surface area contributed by atoms with Gasteiger partial charge in [-0.15, -0.1) is 0 Å². The van der Waals surface area contributed by atoms with Crippen molar-refractivity contribution >= 4 is 17.5 Å². The van der Waals surface area contributed by atoms with Crippen LogP contribution in [0, 0.1) is 5.92 Å². The molecular formula is C23H30N4O4. The molecule has 0 saturated heterocycles. The van der Waals surface area contributed by atoms with Crippen molar-refractivity contribution in [2.24, 2.45) is 5.92 Å². The lowest BCUT2D eigenvalue weighted by molar-refractivity contribution is -0.134. The van der Waals surface area contributed by atoms with Gasteiger partial charge >= 0.3 is 0 Å². The summed E-state index contributed by atoms with van der Waals surface area (Å²) in [5, 5.41) is 15.7. The zero-order valence-corrected chi connectivity index (χ0v) is 18.2. The molecule has 0 unspecified atom stereocenters. The van der Waals surface area contributed by atoms with Gasteiger partial charge in [0.2, 0.25) is 5.91 Å². The molecule has 166 valence electrons. The molecule has 8 nitrogen and oxygen atoms in total. The van der Waals surface area contributed by atoms with Gasteiger partial charge in [0.15, 0.2) is 0 Å². The molecule has 1 aromatic heterocycles. The van der Waals surface area contributed by atoms with Crippen LogP contribution in [0.15, 0.2) is 42.7 Å². The number of nitrogens with one attached hydrogen (secondary N) is 2. The number of hydrogen-bond donors (Lipinski definition) is 3. The number of carbonyl (C=O) groups excluding carboxylic acids is 2. The van der Waals surface area contributed by atoms with Gasteiger partial charge in [0.25, 0.3) is 5.91 Å². The molecule has 3 atom stereocenters. The maximum atomic E-state index is 13.1. The molecule has 0 fully saturated rings. The lowest BCUT2D eigenvalue weighted by atomic mass is 10.0. The Morgan fingerprint density at radius 1 is 1.32 bits per heavy atom. The van der Waals surface area contributed by atoms with E-state index in [4.69, 9.17) is 4.74 Å². The predicted octanol–water partition coefficient (Wildman–Crippen LogP) is 1.70. The highest BCUT2D eigenvalue weighted by Gasteiger charge is 2.30. The van der Waals surface area contributed by atoms with E-state index in [0.717, 1.165) is 0 Å². The van der Waals surface area contributed by atoms with Crippen LogP contribution in [0.25, 0.3) is 0 Å². The number of likely N-dealkylation sites (N-methyl/N-ethyl adjacent to an activating group) is 1. The van der Waals surface area contributed by atoms with Crippen molar-refractivity contribution in [2.75, 3.05) is 32.1 Å². The zero-order valence-electron chi connectivity index (χ0n) is 18.2. The van der Waals surface area contributed by atoms with E-state index in [2.05, 4.69) is 15.6 Å². The first-order valence-corrected chi connectivity index (χ1v) is 10.5. The quantitative estimate of drug-likeness (QED) is 0.650. The van der Waals surface area contributed by atoms with Crippen LogP contribution in [-0.2, 0) is 11.2 Å². The number of fused-ring (bicyclic) bond motifs is 1. The first-order chi connectivity index (χ1) is 14.9. The van der Waals surface area contributed by atoms with Crippen LogP contribution < -0.4 is 15.4 Å². The lowest BCUT2D eigenvalue weighted by Gasteiger charge is -2.32. The third-order valence-electron chi connectivity index (χ3n) is 5.52. The number of amides is 2. The smallest absolute Gasteiger partial charge is 0.255 e. The summed E-state index contributed by atoms with van der Waals surface area (Å²) in [6, 6.07) is 8.33. The van der Waals surface area contributed by atoms with E-state index in [1.165, 1.54) is 0 Å². The molecule has 2 aromatic rings. The lowest BCUT2D eigenvalue weighted by Crippen LogP contribution is -2.47. The summed E-state index contributed by atoms with van der Waals surface area (Å²) < 4.78 is 6.30. The fourth-order valence-corrected chi connectivity index (χ4v) is 3.66. The SMILES string of the molecule is CNC[C@@H]1Oc2ccc(NC(=O)c3ccncc3)cc2CC(=O)N([C@@H](C)CO)C[C@@H]1C. The molecule has 0 radical (unpaired) electrons. The first kappa shape index (κ1) is 22.7. The Hall–Kier alpha value is -2.97. The van der Waals surface area contributed by atoms with E-state index >= 15 is 0 Å². The van der Waals surface area contributed by atoms with Crippen LogP contribution in [0.2, 0.25) is 0 Å². The van der Waals surface area contributed by atoms with E-state index in [9.17, 15) is 14.7 Å². The molecule has 0 saturated carbocycles. The molecule has 0 spiro atoms. The molecule has 2 heterocycles. The molecule has 3 N–H and O–H groups in total. The van der Waals surface area contributed by atoms with E-state index in [1.807, 2.05) is 20.9 Å². The summed E-state index contributed by atoms with van der Waals surface area (Å²) >= 11 is 0. The standard InChI is InChI=1S/C23H30N4O4/c1-15-13-27(16(2)14-28)22(29)11-18-10-19(4-5-20(18)31-21(15)12-24-3)26-23(30)17-6-8-25-9-7-17/h4-10,15-16,21,24,28H,11-14H2,1-3H3,(H,26,30)/t15-,16-,21-/m0/s1. The number of aromatic nitrogens is 1. The fraction of sp³-hybridized carbons (Fsp3) is 0.435. The van der Waals surface area contributed by atoms with Crippen LogP contribution in [0.5, 0.6) is 5.75 Å². The minimum absolute atomic E-state index is 0.0578. The van der Waals surface area contributed by atoms with Gasteiger partial charge in [0.1, 0.15) is 11.9 Å². The Morgan fingerprint density at radius 3 is 2.74 bits per heavy atom. The largest absolute Gasteiger partial charge is 0.488 e. The Morgan fingerprint density at radius 2 is 2.06 bits per heavy atom. The van der Waals surface area contributed by atoms with Crippen molar-refractivity contribution < 1.29 is 19.4 Å². The molecule has 0 aliphatic carbocycles. The Bertz CT molecular complexity index is 906. The van der Waals surface area contributed by atoms with E-state index in [1.54, 1.807) is 47.6 Å². The number of rotatable bonds is 6. The van der Waals surface area contributed by atoms with Gasteiger partial charge < -0.3 is 25.4 Å². The van der Waals surface area contributed by atoms with Crippen molar-refractivity contribution in [1.82, 2.24) is 15.2 Å². The summed E-state index contributed by atoms with van der Waals surface area (Å²) in [5.74, 6) is 0.346. The first-order valence-electron chi connectivity index (χ1n) is 10.5. The summed E-state index contributed by atoms with van der Waals surface area (Å²) in [5.41, 5.74) is 1.77. The van der Waals surface area contributed by atoms with Crippen LogP contribution in [0.1, 0.15) is 29.8 Å². The minimum atomic E-state index is -0.290. The van der Waals surface area contributed by atoms with Crippen molar-refractivity contribution in [1.29, 1.82) is 0 Å². The number of pyridine rings is 1. The van der Waals surface area contributed by atoms with E-state index in [-0.39, 0.29) is 42.9 Å². The number of benzene rings is 1. The highest BCUT2D eigenvalue weighted by atomic mass is 16.5. The topological polar surface area (TPSA) is 104 Å². The van der Waals surface area contributed by atoms with Crippen LogP contribution >= 0.6 is 0 Å². The number of anilines is 1. The second-order valence-electron chi connectivity index (χ2n) is 7.96. The van der Waals surface area contributed by atoms with Gasteiger partial charge in [-0.05, 0) is 44.3 Å². The minimum Gasteiger partial charge on any atom is -0.488 e. The molecule has 1 aromatic carbocycles. The summed E-state index contributed by atoms with van der Waals surface area (Å²) in [6.07, 6.45) is 3.09. The molecule has 3 rings (SSSR count). The summed E-state index contributed by atoms with van der Waals surface area (Å²) in [6.45, 7) is 4.89. The highest BCUT2D eigenvalue weighted by Crippen LogP contribution is 2.29. The highest BCUT2D eigenvalue weighted by molar-refractivity contribution is 6.04. The van der Waals surface area contributed by atoms with Gasteiger partial charge in [0.05, 0.1) is 19.1 Å². The number of aliphatic hydroxyl groups excluding tert-OH is 1. The number of nitrogens with zero attached hydrogens (tertiary/aromatic N) is 2. The van der Waals surface area contributed by atoms with Gasteiger partial charge in [0, 0.05) is 48.2 Å². The molecular weight excluding hydrogens is 396 g/mol.